The van der Waals surface area contributed by atoms with Gasteiger partial charge in [0.15, 0.2) is 0 Å². The number of rotatable bonds is 4. The molecule has 0 aromatic heterocycles. The van der Waals surface area contributed by atoms with Gasteiger partial charge in [-0.25, -0.2) is 0 Å². The highest BCUT2D eigenvalue weighted by Crippen LogP contribution is 2.41. The summed E-state index contributed by atoms with van der Waals surface area (Å²) in [5, 5.41) is 0. The molecule has 1 nitrogen and oxygen atoms in total. The van der Waals surface area contributed by atoms with Gasteiger partial charge in [0.25, 0.3) is 0 Å². The second-order valence-corrected chi connectivity index (χ2v) is 7.04. The Balaban J connectivity index is 2.20. The Bertz CT molecular complexity index is 401. The first-order valence-electron chi connectivity index (χ1n) is 6.17. The smallest absolute Gasteiger partial charge is 0.127 e. The molecule has 1 unspecified atom stereocenters. The molecule has 0 aliphatic carbocycles. The zero-order chi connectivity index (χ0) is 12.4. The molecule has 0 N–H and O–H groups in total. The average molecular weight is 362 g/mol. The summed E-state index contributed by atoms with van der Waals surface area (Å²) in [4.78, 5) is 0.397. The van der Waals surface area contributed by atoms with Gasteiger partial charge in [0.2, 0.25) is 0 Å². The van der Waals surface area contributed by atoms with Crippen molar-refractivity contribution in [2.24, 2.45) is 5.92 Å². The van der Waals surface area contributed by atoms with Gasteiger partial charge in [0.1, 0.15) is 5.75 Å². The van der Waals surface area contributed by atoms with Crippen LogP contribution in [-0.4, -0.2) is 6.61 Å². The number of halogens is 2. The van der Waals surface area contributed by atoms with Gasteiger partial charge in [0, 0.05) is 21.3 Å². The molecule has 0 spiro atoms. The number of alkyl halides is 1. The summed E-state index contributed by atoms with van der Waals surface area (Å²) in [5.41, 5.74) is 2.64. The molecule has 1 aliphatic heterocycles. The summed E-state index contributed by atoms with van der Waals surface area (Å²) in [6.45, 7) is 5.35. The molecule has 1 atom stereocenters. The molecular weight excluding hydrogens is 344 g/mol. The molecule has 0 saturated heterocycles. The van der Waals surface area contributed by atoms with Gasteiger partial charge in [0.05, 0.1) is 6.61 Å². The van der Waals surface area contributed by atoms with Crippen molar-refractivity contribution < 1.29 is 4.74 Å². The fraction of sp³-hybridized carbons (Fsp3) is 0.571. The molecule has 0 amide bonds. The third-order valence-corrected chi connectivity index (χ3v) is 4.52. The molecule has 0 radical (unpaired) electrons. The first kappa shape index (κ1) is 13.4. The zero-order valence-electron chi connectivity index (χ0n) is 10.3. The maximum Gasteiger partial charge on any atom is 0.127 e. The van der Waals surface area contributed by atoms with Gasteiger partial charge >= 0.3 is 0 Å². The van der Waals surface area contributed by atoms with Crippen molar-refractivity contribution in [2.75, 3.05) is 6.61 Å². The largest absolute Gasteiger partial charge is 0.493 e. The van der Waals surface area contributed by atoms with E-state index in [1.54, 1.807) is 0 Å². The van der Waals surface area contributed by atoms with E-state index in [4.69, 9.17) is 4.74 Å². The summed E-state index contributed by atoms with van der Waals surface area (Å²) in [7, 11) is 0. The monoisotopic (exact) mass is 360 g/mol. The highest BCUT2D eigenvalue weighted by atomic mass is 79.9. The molecule has 0 saturated carbocycles. The minimum absolute atomic E-state index is 0.397. The van der Waals surface area contributed by atoms with Crippen molar-refractivity contribution in [2.45, 2.75) is 37.9 Å². The van der Waals surface area contributed by atoms with E-state index in [2.05, 4.69) is 57.8 Å². The van der Waals surface area contributed by atoms with Crippen LogP contribution in [0.4, 0.5) is 0 Å². The number of benzene rings is 1. The molecule has 1 aromatic carbocycles. The quantitative estimate of drug-likeness (QED) is 0.665. The predicted molar refractivity (Wildman–Crippen MR) is 79.1 cm³/mol. The van der Waals surface area contributed by atoms with Crippen LogP contribution in [-0.2, 0) is 6.42 Å². The third kappa shape index (κ3) is 3.25. The topological polar surface area (TPSA) is 9.23 Å². The van der Waals surface area contributed by atoms with E-state index in [0.29, 0.717) is 4.83 Å². The molecule has 0 fully saturated rings. The lowest BCUT2D eigenvalue weighted by molar-refractivity contribution is 0.352. The third-order valence-electron chi connectivity index (χ3n) is 3.11. The van der Waals surface area contributed by atoms with Gasteiger partial charge < -0.3 is 4.74 Å². The normalized spacial score (nSPS) is 15.8. The van der Waals surface area contributed by atoms with Crippen molar-refractivity contribution in [1.82, 2.24) is 0 Å². The second-order valence-electron chi connectivity index (χ2n) is 5.02. The molecule has 17 heavy (non-hydrogen) atoms. The fourth-order valence-electron chi connectivity index (χ4n) is 2.17. The van der Waals surface area contributed by atoms with Crippen molar-refractivity contribution in [3.05, 3.63) is 27.7 Å². The summed E-state index contributed by atoms with van der Waals surface area (Å²) in [5.74, 6) is 1.86. The van der Waals surface area contributed by atoms with Crippen LogP contribution >= 0.6 is 31.9 Å². The van der Waals surface area contributed by atoms with Crippen LogP contribution in [0, 0.1) is 5.92 Å². The molecular formula is C14H18Br2O. The molecule has 2 rings (SSSR count). The fourth-order valence-corrected chi connectivity index (χ4v) is 3.29. The van der Waals surface area contributed by atoms with Crippen LogP contribution in [0.25, 0.3) is 0 Å². The van der Waals surface area contributed by atoms with E-state index in [-0.39, 0.29) is 0 Å². The summed E-state index contributed by atoms with van der Waals surface area (Å²) >= 11 is 7.39. The van der Waals surface area contributed by atoms with Crippen molar-refractivity contribution in [3.8, 4) is 5.75 Å². The second kappa shape index (κ2) is 5.75. The minimum Gasteiger partial charge on any atom is -0.493 e. The van der Waals surface area contributed by atoms with Gasteiger partial charge in [-0.3, -0.25) is 0 Å². The summed E-state index contributed by atoms with van der Waals surface area (Å²) in [6, 6.07) is 4.36. The number of ether oxygens (including phenoxy) is 1. The molecule has 94 valence electrons. The predicted octanol–water partition coefficient (Wildman–Crippen LogP) is 5.26. The number of fused-ring (bicyclic) bond motifs is 1. The maximum absolute atomic E-state index is 5.76. The number of hydrogen-bond donors (Lipinski definition) is 0. The van der Waals surface area contributed by atoms with Crippen LogP contribution < -0.4 is 4.74 Å². The first-order chi connectivity index (χ1) is 8.08. The van der Waals surface area contributed by atoms with Crippen molar-refractivity contribution in [1.29, 1.82) is 0 Å². The molecule has 0 bridgehead atoms. The lowest BCUT2D eigenvalue weighted by Gasteiger charge is -2.15. The summed E-state index contributed by atoms with van der Waals surface area (Å²) in [6.07, 6.45) is 3.42. The SMILES string of the molecule is CC(C)CCC(Br)c1cc(Br)cc2c1OCC2. The van der Waals surface area contributed by atoms with E-state index < -0.39 is 0 Å². The van der Waals surface area contributed by atoms with Crippen molar-refractivity contribution in [3.63, 3.8) is 0 Å². The Labute approximate surface area is 120 Å². The minimum atomic E-state index is 0.397. The lowest BCUT2D eigenvalue weighted by Crippen LogP contribution is -1.97. The van der Waals surface area contributed by atoms with E-state index >= 15 is 0 Å². The van der Waals surface area contributed by atoms with E-state index in [9.17, 15) is 0 Å². The Hall–Kier alpha value is -0.0200. The highest BCUT2D eigenvalue weighted by Gasteiger charge is 2.21. The zero-order valence-corrected chi connectivity index (χ0v) is 13.5. The van der Waals surface area contributed by atoms with Crippen molar-refractivity contribution >= 4 is 31.9 Å². The molecule has 3 heteroatoms. The Morgan fingerprint density at radius 2 is 2.06 bits per heavy atom. The Kier molecular flexibility index (Phi) is 4.53. The van der Waals surface area contributed by atoms with Gasteiger partial charge in [-0.1, -0.05) is 45.7 Å². The molecule has 1 heterocycles. The Morgan fingerprint density at radius 1 is 1.29 bits per heavy atom. The van der Waals surface area contributed by atoms with Gasteiger partial charge in [-0.15, -0.1) is 0 Å². The van der Waals surface area contributed by atoms with Crippen LogP contribution in [0.5, 0.6) is 5.75 Å². The molecule has 1 aliphatic rings. The van der Waals surface area contributed by atoms with Crippen LogP contribution in [0.3, 0.4) is 0 Å². The maximum atomic E-state index is 5.76. The van der Waals surface area contributed by atoms with E-state index in [1.807, 2.05) is 0 Å². The van der Waals surface area contributed by atoms with Crippen LogP contribution in [0.15, 0.2) is 16.6 Å². The average Bonchev–Trinajstić information content (AvgIpc) is 2.72. The first-order valence-corrected chi connectivity index (χ1v) is 7.88. The van der Waals surface area contributed by atoms with Gasteiger partial charge in [-0.2, -0.15) is 0 Å². The Morgan fingerprint density at radius 3 is 2.76 bits per heavy atom. The number of hydrogen-bond acceptors (Lipinski definition) is 1. The molecule has 1 aromatic rings. The van der Waals surface area contributed by atoms with Crippen LogP contribution in [0.1, 0.15) is 42.6 Å². The van der Waals surface area contributed by atoms with E-state index in [1.165, 1.54) is 17.5 Å². The van der Waals surface area contributed by atoms with Crippen LogP contribution in [0.2, 0.25) is 0 Å². The standard InChI is InChI=1S/C14H18Br2O/c1-9(2)3-4-13(16)12-8-11(15)7-10-5-6-17-14(10)12/h7-9,13H,3-6H2,1-2H3. The summed E-state index contributed by atoms with van der Waals surface area (Å²) < 4.78 is 6.92. The lowest BCUT2D eigenvalue weighted by atomic mass is 10.00. The van der Waals surface area contributed by atoms with E-state index in [0.717, 1.165) is 35.6 Å². The van der Waals surface area contributed by atoms with Gasteiger partial charge in [-0.05, 0) is 36.5 Å². The highest BCUT2D eigenvalue weighted by molar-refractivity contribution is 9.10.